The van der Waals surface area contributed by atoms with Crippen molar-refractivity contribution in [1.29, 1.82) is 0 Å². The molecule has 4 nitrogen and oxygen atoms in total. The smallest absolute Gasteiger partial charge is 0.184 e. The predicted molar refractivity (Wildman–Crippen MR) is 61.8 cm³/mol. The molecule has 0 aliphatic heterocycles. The van der Waals surface area contributed by atoms with Crippen LogP contribution in [-0.2, 0) is 0 Å². The van der Waals surface area contributed by atoms with E-state index in [4.69, 9.17) is 10.2 Å². The maximum atomic E-state index is 11.5. The van der Waals surface area contributed by atoms with Crippen molar-refractivity contribution >= 4 is 12.0 Å². The van der Waals surface area contributed by atoms with Crippen molar-refractivity contribution in [3.8, 4) is 0 Å². The maximum Gasteiger partial charge on any atom is 0.184 e. The van der Waals surface area contributed by atoms with Crippen LogP contribution in [0.2, 0.25) is 0 Å². The molecular weight excluding hydrogens is 206 g/mol. The minimum absolute atomic E-state index is 0.0599. The van der Waals surface area contributed by atoms with E-state index in [0.29, 0.717) is 5.56 Å². The number of aliphatic hydroxyl groups excluding tert-OH is 2. The average molecular weight is 221 g/mol. The molecule has 0 fully saturated rings. The maximum absolute atomic E-state index is 11.5. The van der Waals surface area contributed by atoms with Crippen LogP contribution in [0.5, 0.6) is 0 Å². The summed E-state index contributed by atoms with van der Waals surface area (Å²) in [4.78, 5) is 15.4. The van der Waals surface area contributed by atoms with Gasteiger partial charge < -0.3 is 10.2 Å². The zero-order chi connectivity index (χ0) is 11.8. The number of carbonyl (C=O) groups is 1. The zero-order valence-corrected chi connectivity index (χ0v) is 8.91. The van der Waals surface area contributed by atoms with Crippen LogP contribution in [0, 0.1) is 0 Å². The second-order valence-corrected chi connectivity index (χ2v) is 3.38. The standard InChI is InChI=1S/C12H15NO3/c14-9-11(15)6-7-13-8-12(16)10-4-2-1-3-5-10/h1-5,7,11,14-15H,6,8-9H2. The highest BCUT2D eigenvalue weighted by atomic mass is 16.3. The van der Waals surface area contributed by atoms with Crippen LogP contribution in [0.15, 0.2) is 35.3 Å². The van der Waals surface area contributed by atoms with Crippen molar-refractivity contribution in [1.82, 2.24) is 0 Å². The Kier molecular flexibility index (Phi) is 5.39. The van der Waals surface area contributed by atoms with E-state index in [-0.39, 0.29) is 25.4 Å². The largest absolute Gasteiger partial charge is 0.394 e. The number of nitrogens with zero attached hydrogens (tertiary/aromatic N) is 1. The molecule has 0 aliphatic carbocycles. The van der Waals surface area contributed by atoms with Gasteiger partial charge in [0.05, 0.1) is 12.7 Å². The molecule has 0 aromatic heterocycles. The van der Waals surface area contributed by atoms with E-state index in [0.717, 1.165) is 0 Å². The second kappa shape index (κ2) is 6.87. The number of ketones is 1. The second-order valence-electron chi connectivity index (χ2n) is 3.38. The highest BCUT2D eigenvalue weighted by molar-refractivity contribution is 5.98. The zero-order valence-electron chi connectivity index (χ0n) is 8.91. The Bertz CT molecular complexity index is 349. The van der Waals surface area contributed by atoms with Crippen molar-refractivity contribution in [2.24, 2.45) is 4.99 Å². The van der Waals surface area contributed by atoms with Crippen molar-refractivity contribution < 1.29 is 15.0 Å². The van der Waals surface area contributed by atoms with E-state index in [9.17, 15) is 4.79 Å². The monoisotopic (exact) mass is 221 g/mol. The summed E-state index contributed by atoms with van der Waals surface area (Å²) in [6.07, 6.45) is 0.927. The Morgan fingerprint density at radius 2 is 2.06 bits per heavy atom. The third-order valence-electron chi connectivity index (χ3n) is 2.05. The molecule has 0 radical (unpaired) electrons. The number of aliphatic imine (C=N–C) groups is 1. The van der Waals surface area contributed by atoms with Gasteiger partial charge in [0.15, 0.2) is 5.78 Å². The fourth-order valence-electron chi connectivity index (χ4n) is 1.13. The van der Waals surface area contributed by atoms with Crippen LogP contribution >= 0.6 is 0 Å². The lowest BCUT2D eigenvalue weighted by Crippen LogP contribution is -2.12. The number of hydrogen-bond donors (Lipinski definition) is 2. The number of rotatable bonds is 6. The van der Waals surface area contributed by atoms with Crippen LogP contribution in [0.3, 0.4) is 0 Å². The Morgan fingerprint density at radius 3 is 2.69 bits per heavy atom. The number of benzene rings is 1. The molecule has 1 aromatic carbocycles. The molecule has 0 aliphatic rings. The van der Waals surface area contributed by atoms with Gasteiger partial charge in [-0.2, -0.15) is 0 Å². The van der Waals surface area contributed by atoms with E-state index in [2.05, 4.69) is 4.99 Å². The van der Waals surface area contributed by atoms with Crippen molar-refractivity contribution in [2.75, 3.05) is 13.2 Å². The van der Waals surface area contributed by atoms with Gasteiger partial charge in [0.25, 0.3) is 0 Å². The number of hydrogen-bond acceptors (Lipinski definition) is 4. The fourth-order valence-corrected chi connectivity index (χ4v) is 1.13. The van der Waals surface area contributed by atoms with E-state index in [1.54, 1.807) is 24.3 Å². The molecule has 0 spiro atoms. The summed E-state index contributed by atoms with van der Waals surface area (Å²) < 4.78 is 0. The summed E-state index contributed by atoms with van der Waals surface area (Å²) in [5, 5.41) is 17.6. The molecule has 1 rings (SSSR count). The predicted octanol–water partition coefficient (Wildman–Crippen LogP) is 0.683. The van der Waals surface area contributed by atoms with Gasteiger partial charge in [-0.3, -0.25) is 9.79 Å². The van der Waals surface area contributed by atoms with Gasteiger partial charge in [0, 0.05) is 18.2 Å². The first-order chi connectivity index (χ1) is 7.74. The average Bonchev–Trinajstić information content (AvgIpc) is 2.35. The molecule has 16 heavy (non-hydrogen) atoms. The third kappa shape index (κ3) is 4.33. The molecule has 0 bridgehead atoms. The van der Waals surface area contributed by atoms with Crippen LogP contribution in [0.4, 0.5) is 0 Å². The van der Waals surface area contributed by atoms with Gasteiger partial charge in [0.1, 0.15) is 6.54 Å². The van der Waals surface area contributed by atoms with Gasteiger partial charge in [-0.25, -0.2) is 0 Å². The first kappa shape index (κ1) is 12.5. The summed E-state index contributed by atoms with van der Waals surface area (Å²) in [6, 6.07) is 8.91. The molecule has 0 heterocycles. The highest BCUT2D eigenvalue weighted by Gasteiger charge is 2.02. The Morgan fingerprint density at radius 1 is 1.38 bits per heavy atom. The third-order valence-corrected chi connectivity index (χ3v) is 2.05. The molecule has 1 atom stereocenters. The van der Waals surface area contributed by atoms with E-state index < -0.39 is 6.10 Å². The van der Waals surface area contributed by atoms with Crippen LogP contribution in [-0.4, -0.2) is 41.5 Å². The molecule has 1 aromatic rings. The van der Waals surface area contributed by atoms with Crippen LogP contribution in [0.25, 0.3) is 0 Å². The molecule has 1 unspecified atom stereocenters. The Hall–Kier alpha value is -1.52. The van der Waals surface area contributed by atoms with E-state index >= 15 is 0 Å². The van der Waals surface area contributed by atoms with E-state index in [1.165, 1.54) is 6.21 Å². The molecule has 0 saturated carbocycles. The minimum atomic E-state index is -0.796. The highest BCUT2D eigenvalue weighted by Crippen LogP contribution is 1.99. The quantitative estimate of drug-likeness (QED) is 0.548. The summed E-state index contributed by atoms with van der Waals surface area (Å²) in [7, 11) is 0. The van der Waals surface area contributed by atoms with Crippen LogP contribution in [0.1, 0.15) is 16.8 Å². The van der Waals surface area contributed by atoms with Gasteiger partial charge >= 0.3 is 0 Å². The lowest BCUT2D eigenvalue weighted by Gasteiger charge is -2.00. The molecule has 0 saturated heterocycles. The van der Waals surface area contributed by atoms with Crippen LogP contribution < -0.4 is 0 Å². The summed E-state index contributed by atoms with van der Waals surface area (Å²) in [6.45, 7) is -0.221. The Balaban J connectivity index is 2.36. The molecule has 86 valence electrons. The SMILES string of the molecule is O=C(CN=CCC(O)CO)c1ccccc1. The normalized spacial score (nSPS) is 12.9. The summed E-state index contributed by atoms with van der Waals surface area (Å²) in [5.74, 6) is -0.0599. The molecule has 2 N–H and O–H groups in total. The lowest BCUT2D eigenvalue weighted by molar-refractivity contribution is 0.0995. The van der Waals surface area contributed by atoms with Crippen molar-refractivity contribution in [3.05, 3.63) is 35.9 Å². The number of aliphatic hydroxyl groups is 2. The van der Waals surface area contributed by atoms with Gasteiger partial charge in [0.2, 0.25) is 0 Å². The molecule has 4 heteroatoms. The van der Waals surface area contributed by atoms with Gasteiger partial charge in [-0.05, 0) is 0 Å². The molecule has 0 amide bonds. The fraction of sp³-hybridized carbons (Fsp3) is 0.333. The first-order valence-corrected chi connectivity index (χ1v) is 5.09. The van der Waals surface area contributed by atoms with Crippen molar-refractivity contribution in [2.45, 2.75) is 12.5 Å². The number of carbonyl (C=O) groups excluding carboxylic acids is 1. The number of Topliss-reactive ketones (excluding diaryl/α,β-unsaturated/α-hetero) is 1. The lowest BCUT2D eigenvalue weighted by atomic mass is 10.1. The van der Waals surface area contributed by atoms with Crippen molar-refractivity contribution in [3.63, 3.8) is 0 Å². The first-order valence-electron chi connectivity index (χ1n) is 5.09. The summed E-state index contributed by atoms with van der Waals surface area (Å²) >= 11 is 0. The Labute approximate surface area is 94.3 Å². The molecular formula is C12H15NO3. The minimum Gasteiger partial charge on any atom is -0.394 e. The van der Waals surface area contributed by atoms with Gasteiger partial charge in [-0.1, -0.05) is 30.3 Å². The van der Waals surface area contributed by atoms with Gasteiger partial charge in [-0.15, -0.1) is 0 Å². The summed E-state index contributed by atoms with van der Waals surface area (Å²) in [5.41, 5.74) is 0.627. The van der Waals surface area contributed by atoms with E-state index in [1.807, 2.05) is 6.07 Å². The topological polar surface area (TPSA) is 69.9 Å².